The summed E-state index contributed by atoms with van der Waals surface area (Å²) < 4.78 is 18.8. The maximum absolute atomic E-state index is 13.7. The minimum Gasteiger partial charge on any atom is -0.496 e. The van der Waals surface area contributed by atoms with Crippen molar-refractivity contribution in [2.24, 2.45) is 0 Å². The van der Waals surface area contributed by atoms with Crippen LogP contribution in [0.4, 0.5) is 10.1 Å². The molecule has 0 saturated heterocycles. The number of rotatable bonds is 7. The van der Waals surface area contributed by atoms with Crippen molar-refractivity contribution in [3.8, 4) is 5.75 Å². The van der Waals surface area contributed by atoms with Gasteiger partial charge in [-0.2, -0.15) is 0 Å². The van der Waals surface area contributed by atoms with Crippen molar-refractivity contribution >= 4 is 17.6 Å². The van der Waals surface area contributed by atoms with Crippen molar-refractivity contribution in [1.82, 2.24) is 5.32 Å². The third-order valence-corrected chi connectivity index (χ3v) is 3.62. The fraction of sp³-hybridized carbons (Fsp3) is 0.176. The summed E-state index contributed by atoms with van der Waals surface area (Å²) in [5.41, 5.74) is -0.321. The van der Waals surface area contributed by atoms with E-state index in [4.69, 9.17) is 4.74 Å². The molecule has 0 unspecified atom stereocenters. The van der Waals surface area contributed by atoms with Gasteiger partial charge < -0.3 is 15.2 Å². The highest BCUT2D eigenvalue weighted by molar-refractivity contribution is 5.96. The lowest BCUT2D eigenvalue weighted by atomic mass is 10.0. The summed E-state index contributed by atoms with van der Waals surface area (Å²) in [5.74, 6) is -2.83. The predicted molar refractivity (Wildman–Crippen MR) is 88.6 cm³/mol. The van der Waals surface area contributed by atoms with Crippen LogP contribution in [-0.4, -0.2) is 35.1 Å². The van der Waals surface area contributed by atoms with E-state index >= 15 is 0 Å². The Morgan fingerprint density at radius 3 is 2.58 bits per heavy atom. The second kappa shape index (κ2) is 8.06. The molecule has 0 radical (unpaired) electrons. The molecule has 0 aliphatic rings. The highest BCUT2D eigenvalue weighted by Gasteiger charge is 2.25. The number of carbonyl (C=O) groups excluding carboxylic acids is 1. The molecule has 0 saturated carbocycles. The zero-order chi connectivity index (χ0) is 19.3. The molecule has 2 N–H and O–H groups in total. The molecule has 2 rings (SSSR count). The number of benzene rings is 2. The monoisotopic (exact) mass is 362 g/mol. The van der Waals surface area contributed by atoms with Crippen LogP contribution in [0.25, 0.3) is 0 Å². The van der Waals surface area contributed by atoms with E-state index in [1.54, 1.807) is 0 Å². The van der Waals surface area contributed by atoms with E-state index in [-0.39, 0.29) is 29.0 Å². The van der Waals surface area contributed by atoms with E-state index in [9.17, 15) is 29.2 Å². The number of amides is 1. The number of halogens is 1. The fourth-order valence-corrected chi connectivity index (χ4v) is 2.34. The Bertz CT molecular complexity index is 855. The Morgan fingerprint density at radius 2 is 2.00 bits per heavy atom. The zero-order valence-corrected chi connectivity index (χ0v) is 13.6. The third kappa shape index (κ3) is 4.32. The number of hydrogen-bond donors (Lipinski definition) is 2. The van der Waals surface area contributed by atoms with Crippen LogP contribution in [0.2, 0.25) is 0 Å². The zero-order valence-electron chi connectivity index (χ0n) is 13.6. The van der Waals surface area contributed by atoms with Crippen molar-refractivity contribution in [1.29, 1.82) is 0 Å². The maximum atomic E-state index is 13.7. The van der Waals surface area contributed by atoms with Crippen molar-refractivity contribution < 1.29 is 28.7 Å². The average Bonchev–Trinajstić information content (AvgIpc) is 2.61. The van der Waals surface area contributed by atoms with Crippen LogP contribution in [-0.2, 0) is 11.2 Å². The second-order valence-corrected chi connectivity index (χ2v) is 5.30. The van der Waals surface area contributed by atoms with E-state index in [0.717, 1.165) is 6.07 Å². The van der Waals surface area contributed by atoms with Gasteiger partial charge in [0.2, 0.25) is 0 Å². The van der Waals surface area contributed by atoms with Gasteiger partial charge in [-0.05, 0) is 18.2 Å². The molecule has 136 valence electrons. The molecule has 9 heteroatoms. The normalized spacial score (nSPS) is 11.5. The third-order valence-electron chi connectivity index (χ3n) is 3.62. The second-order valence-electron chi connectivity index (χ2n) is 5.30. The number of nitro groups is 1. The molecule has 0 aliphatic heterocycles. The molecule has 0 fully saturated rings. The van der Waals surface area contributed by atoms with Gasteiger partial charge in [0, 0.05) is 24.1 Å². The number of ether oxygens (including phenoxy) is 1. The van der Waals surface area contributed by atoms with E-state index in [0.29, 0.717) is 0 Å². The first kappa shape index (κ1) is 18.8. The van der Waals surface area contributed by atoms with E-state index in [1.165, 1.54) is 43.5 Å². The lowest BCUT2D eigenvalue weighted by Gasteiger charge is -2.16. The molecule has 0 aliphatic carbocycles. The molecule has 0 aromatic heterocycles. The topological polar surface area (TPSA) is 119 Å². The van der Waals surface area contributed by atoms with Crippen LogP contribution in [0.1, 0.15) is 15.9 Å². The molecule has 1 atom stereocenters. The fourth-order valence-electron chi connectivity index (χ4n) is 2.34. The number of non-ortho nitro benzene ring substituents is 1. The minimum atomic E-state index is -1.43. The van der Waals surface area contributed by atoms with Gasteiger partial charge in [0.15, 0.2) is 0 Å². The molecule has 2 aromatic rings. The minimum absolute atomic E-state index is 0.225. The first-order valence-corrected chi connectivity index (χ1v) is 7.43. The Labute approximate surface area is 147 Å². The molecule has 8 nitrogen and oxygen atoms in total. The van der Waals surface area contributed by atoms with Gasteiger partial charge in [-0.15, -0.1) is 0 Å². The van der Waals surface area contributed by atoms with Crippen molar-refractivity contribution in [3.05, 3.63) is 69.5 Å². The summed E-state index contributed by atoms with van der Waals surface area (Å²) in [4.78, 5) is 33.9. The van der Waals surface area contributed by atoms with Gasteiger partial charge in [-0.1, -0.05) is 12.1 Å². The SMILES string of the molecule is COc1ccc([N+](=O)[O-])cc1C[C@H](NC(=O)c1ccccc1F)C(=O)O. The van der Waals surface area contributed by atoms with Gasteiger partial charge in [0.05, 0.1) is 17.6 Å². The average molecular weight is 362 g/mol. The Kier molecular flexibility index (Phi) is 5.84. The summed E-state index contributed by atoms with van der Waals surface area (Å²) in [6.07, 6.45) is -0.277. The van der Waals surface area contributed by atoms with Crippen LogP contribution < -0.4 is 10.1 Å². The molecule has 0 bridgehead atoms. The summed E-state index contributed by atoms with van der Waals surface area (Å²) in [6, 6.07) is 7.43. The number of methoxy groups -OCH3 is 1. The van der Waals surface area contributed by atoms with Crippen LogP contribution in [0.15, 0.2) is 42.5 Å². The summed E-state index contributed by atoms with van der Waals surface area (Å²) >= 11 is 0. The number of carboxylic acid groups (broad SMARTS) is 1. The number of nitrogens with zero attached hydrogens (tertiary/aromatic N) is 1. The van der Waals surface area contributed by atoms with Gasteiger partial charge in [0.25, 0.3) is 11.6 Å². The molecule has 2 aromatic carbocycles. The molecule has 0 heterocycles. The van der Waals surface area contributed by atoms with Crippen molar-refractivity contribution in [2.75, 3.05) is 7.11 Å². The van der Waals surface area contributed by atoms with Crippen molar-refractivity contribution in [2.45, 2.75) is 12.5 Å². The van der Waals surface area contributed by atoms with Gasteiger partial charge in [-0.25, -0.2) is 9.18 Å². The number of nitrogens with one attached hydrogen (secondary N) is 1. The molecule has 1 amide bonds. The van der Waals surface area contributed by atoms with E-state index in [2.05, 4.69) is 5.32 Å². The van der Waals surface area contributed by atoms with Crippen LogP contribution in [0, 0.1) is 15.9 Å². The lowest BCUT2D eigenvalue weighted by molar-refractivity contribution is -0.384. The molecular weight excluding hydrogens is 347 g/mol. The Balaban J connectivity index is 2.27. The van der Waals surface area contributed by atoms with Gasteiger partial charge >= 0.3 is 5.97 Å². The van der Waals surface area contributed by atoms with E-state index in [1.807, 2.05) is 0 Å². The van der Waals surface area contributed by atoms with Crippen LogP contribution in [0.3, 0.4) is 0 Å². The first-order chi connectivity index (χ1) is 12.3. The predicted octanol–water partition coefficient (Wildman–Crippen LogP) is 2.17. The lowest BCUT2D eigenvalue weighted by Crippen LogP contribution is -2.42. The van der Waals surface area contributed by atoms with Gasteiger partial charge in [0.1, 0.15) is 17.6 Å². The molecular formula is C17H15FN2O6. The highest BCUT2D eigenvalue weighted by Crippen LogP contribution is 2.25. The summed E-state index contributed by atoms with van der Waals surface area (Å²) in [7, 11) is 1.33. The number of nitro benzene ring substituents is 1. The van der Waals surface area contributed by atoms with Gasteiger partial charge in [-0.3, -0.25) is 14.9 Å². The summed E-state index contributed by atoms with van der Waals surface area (Å²) in [6.45, 7) is 0. The van der Waals surface area contributed by atoms with Crippen molar-refractivity contribution in [3.63, 3.8) is 0 Å². The Hall–Kier alpha value is -3.49. The van der Waals surface area contributed by atoms with E-state index < -0.39 is 28.7 Å². The highest BCUT2D eigenvalue weighted by atomic mass is 19.1. The Morgan fingerprint density at radius 1 is 1.31 bits per heavy atom. The van der Waals surface area contributed by atoms with Crippen LogP contribution >= 0.6 is 0 Å². The number of hydrogen-bond acceptors (Lipinski definition) is 5. The molecule has 0 spiro atoms. The maximum Gasteiger partial charge on any atom is 0.326 e. The quantitative estimate of drug-likeness (QED) is 0.575. The molecule has 26 heavy (non-hydrogen) atoms. The van der Waals surface area contributed by atoms with Crippen LogP contribution in [0.5, 0.6) is 5.75 Å². The standard InChI is InChI=1S/C17H15FN2O6/c1-26-15-7-6-11(20(24)25)8-10(15)9-14(17(22)23)19-16(21)12-4-2-3-5-13(12)18/h2-8,14H,9H2,1H3,(H,19,21)(H,22,23)/t14-/m0/s1. The number of carboxylic acids is 1. The smallest absolute Gasteiger partial charge is 0.326 e. The first-order valence-electron chi connectivity index (χ1n) is 7.43. The largest absolute Gasteiger partial charge is 0.496 e. The summed E-state index contributed by atoms with van der Waals surface area (Å²) in [5, 5.41) is 22.5. The number of carbonyl (C=O) groups is 2. The number of aliphatic carboxylic acids is 1.